The van der Waals surface area contributed by atoms with E-state index in [2.05, 4.69) is 0 Å². The SMILES string of the molecule is COc1cc(OC)cc(C(O)c2ccc(F)cc2I)c1. The molecule has 2 aromatic rings. The van der Waals surface area contributed by atoms with Crippen LogP contribution in [0.25, 0.3) is 0 Å². The van der Waals surface area contributed by atoms with Gasteiger partial charge in [0.25, 0.3) is 0 Å². The molecule has 0 aliphatic heterocycles. The van der Waals surface area contributed by atoms with Crippen molar-refractivity contribution in [3.05, 3.63) is 56.9 Å². The van der Waals surface area contributed by atoms with Crippen LogP contribution in [0.3, 0.4) is 0 Å². The van der Waals surface area contributed by atoms with E-state index in [0.717, 1.165) is 0 Å². The minimum absolute atomic E-state index is 0.325. The highest BCUT2D eigenvalue weighted by Crippen LogP contribution is 2.32. The summed E-state index contributed by atoms with van der Waals surface area (Å²) in [7, 11) is 3.10. The van der Waals surface area contributed by atoms with Crippen molar-refractivity contribution in [2.45, 2.75) is 6.10 Å². The van der Waals surface area contributed by atoms with Gasteiger partial charge in [0.2, 0.25) is 0 Å². The van der Waals surface area contributed by atoms with E-state index in [4.69, 9.17) is 9.47 Å². The molecule has 1 unspecified atom stereocenters. The number of hydrogen-bond acceptors (Lipinski definition) is 3. The maximum absolute atomic E-state index is 13.1. The minimum Gasteiger partial charge on any atom is -0.497 e. The van der Waals surface area contributed by atoms with Crippen LogP contribution in [0.1, 0.15) is 17.2 Å². The summed E-state index contributed by atoms with van der Waals surface area (Å²) in [5, 5.41) is 10.5. The van der Waals surface area contributed by atoms with Gasteiger partial charge in [0.1, 0.15) is 23.4 Å². The Labute approximate surface area is 130 Å². The molecule has 0 spiro atoms. The van der Waals surface area contributed by atoms with Crippen LogP contribution in [-0.4, -0.2) is 19.3 Å². The summed E-state index contributed by atoms with van der Waals surface area (Å²) in [6, 6.07) is 9.48. The Kier molecular flexibility index (Phi) is 4.82. The average molecular weight is 388 g/mol. The molecule has 0 aliphatic carbocycles. The van der Waals surface area contributed by atoms with E-state index < -0.39 is 6.10 Å². The Bertz CT molecular complexity index is 594. The van der Waals surface area contributed by atoms with Crippen molar-refractivity contribution in [1.82, 2.24) is 0 Å². The fourth-order valence-electron chi connectivity index (χ4n) is 1.89. The van der Waals surface area contributed by atoms with Crippen LogP contribution < -0.4 is 9.47 Å². The molecule has 0 saturated carbocycles. The van der Waals surface area contributed by atoms with E-state index in [9.17, 15) is 9.50 Å². The molecule has 3 nitrogen and oxygen atoms in total. The van der Waals surface area contributed by atoms with E-state index in [1.165, 1.54) is 12.1 Å². The van der Waals surface area contributed by atoms with Crippen LogP contribution in [-0.2, 0) is 0 Å². The predicted octanol–water partition coefficient (Wildman–Crippen LogP) is 3.53. The van der Waals surface area contributed by atoms with Crippen LogP contribution >= 0.6 is 22.6 Å². The maximum Gasteiger partial charge on any atom is 0.124 e. The van der Waals surface area contributed by atoms with Gasteiger partial charge in [0.05, 0.1) is 14.2 Å². The summed E-state index contributed by atoms with van der Waals surface area (Å²) in [6.45, 7) is 0. The standard InChI is InChI=1S/C15H14FIO3/c1-19-11-5-9(6-12(8-11)20-2)15(18)13-4-3-10(16)7-14(13)17/h3-8,15,18H,1-2H3. The molecule has 0 heterocycles. The Balaban J connectivity index is 2.44. The molecule has 0 fully saturated rings. The van der Waals surface area contributed by atoms with Crippen LogP contribution in [0.15, 0.2) is 36.4 Å². The molecule has 0 amide bonds. The van der Waals surface area contributed by atoms with Gasteiger partial charge in [0, 0.05) is 9.64 Å². The predicted molar refractivity (Wildman–Crippen MR) is 82.7 cm³/mol. The summed E-state index contributed by atoms with van der Waals surface area (Å²) in [4.78, 5) is 0. The molecular formula is C15H14FIO3. The molecule has 2 rings (SSSR count). The first-order valence-corrected chi connectivity index (χ1v) is 6.99. The third kappa shape index (κ3) is 3.21. The molecule has 20 heavy (non-hydrogen) atoms. The topological polar surface area (TPSA) is 38.7 Å². The Morgan fingerprint density at radius 3 is 2.15 bits per heavy atom. The van der Waals surface area contributed by atoms with Crippen LogP contribution in [0.5, 0.6) is 11.5 Å². The molecule has 0 radical (unpaired) electrons. The van der Waals surface area contributed by atoms with Crippen LogP contribution in [0.2, 0.25) is 0 Å². The maximum atomic E-state index is 13.1. The van der Waals surface area contributed by atoms with Crippen molar-refractivity contribution in [2.75, 3.05) is 14.2 Å². The zero-order valence-corrected chi connectivity index (χ0v) is 13.2. The van der Waals surface area contributed by atoms with E-state index in [1.54, 1.807) is 38.5 Å². The van der Waals surface area contributed by atoms with Gasteiger partial charge in [-0.2, -0.15) is 0 Å². The second-order valence-electron chi connectivity index (χ2n) is 4.21. The summed E-state index contributed by atoms with van der Waals surface area (Å²) in [6.07, 6.45) is -0.869. The minimum atomic E-state index is -0.869. The van der Waals surface area contributed by atoms with Gasteiger partial charge in [-0.25, -0.2) is 4.39 Å². The lowest BCUT2D eigenvalue weighted by atomic mass is 10.0. The van der Waals surface area contributed by atoms with Gasteiger partial charge in [0.15, 0.2) is 0 Å². The summed E-state index contributed by atoms with van der Waals surface area (Å²) >= 11 is 2.00. The molecule has 1 N–H and O–H groups in total. The van der Waals surface area contributed by atoms with Gasteiger partial charge in [-0.15, -0.1) is 0 Å². The Hall–Kier alpha value is -1.34. The fraction of sp³-hybridized carbons (Fsp3) is 0.200. The van der Waals surface area contributed by atoms with Crippen molar-refractivity contribution in [1.29, 1.82) is 0 Å². The monoisotopic (exact) mass is 388 g/mol. The van der Waals surface area contributed by atoms with E-state index >= 15 is 0 Å². The number of hydrogen-bond donors (Lipinski definition) is 1. The Morgan fingerprint density at radius 1 is 1.05 bits per heavy atom. The Morgan fingerprint density at radius 2 is 1.65 bits per heavy atom. The first kappa shape index (κ1) is 15.1. The quantitative estimate of drug-likeness (QED) is 0.815. The van der Waals surface area contributed by atoms with Crippen molar-refractivity contribution >= 4 is 22.6 Å². The molecule has 5 heteroatoms. The van der Waals surface area contributed by atoms with Crippen molar-refractivity contribution in [3.63, 3.8) is 0 Å². The highest BCUT2D eigenvalue weighted by Gasteiger charge is 2.16. The number of benzene rings is 2. The van der Waals surface area contributed by atoms with Gasteiger partial charge < -0.3 is 14.6 Å². The molecule has 2 aromatic carbocycles. The third-order valence-corrected chi connectivity index (χ3v) is 3.88. The lowest BCUT2D eigenvalue weighted by Crippen LogP contribution is -2.03. The summed E-state index contributed by atoms with van der Waals surface area (Å²) < 4.78 is 24.1. The smallest absolute Gasteiger partial charge is 0.124 e. The number of methoxy groups -OCH3 is 2. The number of rotatable bonds is 4. The molecular weight excluding hydrogens is 374 g/mol. The highest BCUT2D eigenvalue weighted by molar-refractivity contribution is 14.1. The molecule has 0 aromatic heterocycles. The largest absolute Gasteiger partial charge is 0.497 e. The van der Waals surface area contributed by atoms with Gasteiger partial charge in [-0.3, -0.25) is 0 Å². The van der Waals surface area contributed by atoms with Crippen LogP contribution in [0.4, 0.5) is 4.39 Å². The second kappa shape index (κ2) is 6.41. The summed E-state index contributed by atoms with van der Waals surface area (Å²) in [5.74, 6) is 0.861. The fourth-order valence-corrected chi connectivity index (χ4v) is 2.66. The zero-order valence-electron chi connectivity index (χ0n) is 11.1. The average Bonchev–Trinajstić information content (AvgIpc) is 2.46. The van der Waals surface area contributed by atoms with Crippen molar-refractivity contribution < 1.29 is 19.0 Å². The first-order chi connectivity index (χ1) is 9.55. The number of aliphatic hydroxyl groups is 1. The van der Waals surface area contributed by atoms with Crippen molar-refractivity contribution in [3.8, 4) is 11.5 Å². The molecule has 106 valence electrons. The number of halogens is 2. The highest BCUT2D eigenvalue weighted by atomic mass is 127. The van der Waals surface area contributed by atoms with E-state index in [0.29, 0.717) is 26.2 Å². The normalized spacial score (nSPS) is 12.1. The van der Waals surface area contributed by atoms with Gasteiger partial charge in [-0.1, -0.05) is 6.07 Å². The van der Waals surface area contributed by atoms with Gasteiger partial charge >= 0.3 is 0 Å². The lowest BCUT2D eigenvalue weighted by molar-refractivity contribution is 0.218. The number of aliphatic hydroxyl groups excluding tert-OH is 1. The van der Waals surface area contributed by atoms with Crippen LogP contribution in [0, 0.1) is 9.39 Å². The van der Waals surface area contributed by atoms with E-state index in [-0.39, 0.29) is 5.82 Å². The molecule has 0 saturated heterocycles. The third-order valence-electron chi connectivity index (χ3n) is 2.95. The lowest BCUT2D eigenvalue weighted by Gasteiger charge is -2.15. The number of ether oxygens (including phenoxy) is 2. The zero-order chi connectivity index (χ0) is 14.7. The van der Waals surface area contributed by atoms with Crippen molar-refractivity contribution in [2.24, 2.45) is 0 Å². The van der Waals surface area contributed by atoms with E-state index in [1.807, 2.05) is 22.6 Å². The molecule has 0 bridgehead atoms. The van der Waals surface area contributed by atoms with Gasteiger partial charge in [-0.05, 0) is 58.0 Å². The summed E-state index contributed by atoms with van der Waals surface area (Å²) in [5.41, 5.74) is 1.27. The molecule has 1 atom stereocenters. The second-order valence-corrected chi connectivity index (χ2v) is 5.38. The molecule has 0 aliphatic rings. The first-order valence-electron chi connectivity index (χ1n) is 5.91.